The predicted octanol–water partition coefficient (Wildman–Crippen LogP) is 4.29. The van der Waals surface area contributed by atoms with Crippen LogP contribution in [0, 0.1) is 6.92 Å². The number of aryl methyl sites for hydroxylation is 1. The zero-order valence-electron chi connectivity index (χ0n) is 15.0. The maximum absolute atomic E-state index is 10.2. The molecule has 0 fully saturated rings. The molecule has 138 valence electrons. The average Bonchev–Trinajstić information content (AvgIpc) is 3.11. The number of allylic oxidation sites excluding steroid dienone is 1. The maximum atomic E-state index is 10.2. The highest BCUT2D eigenvalue weighted by molar-refractivity contribution is 7.98. The van der Waals surface area contributed by atoms with Crippen LogP contribution in [0.1, 0.15) is 22.3 Å². The Balaban J connectivity index is 1.57. The van der Waals surface area contributed by atoms with Crippen LogP contribution in [0.3, 0.4) is 0 Å². The van der Waals surface area contributed by atoms with Crippen molar-refractivity contribution in [2.24, 2.45) is 5.10 Å². The second kappa shape index (κ2) is 9.05. The molecule has 3 N–H and O–H groups in total. The summed E-state index contributed by atoms with van der Waals surface area (Å²) in [5.41, 5.74) is 6.69. The molecule has 1 heterocycles. The van der Waals surface area contributed by atoms with Gasteiger partial charge in [-0.2, -0.15) is 10.1 Å². The van der Waals surface area contributed by atoms with Crippen LogP contribution in [0.15, 0.2) is 65.4 Å². The molecule has 27 heavy (non-hydrogen) atoms. The van der Waals surface area contributed by atoms with E-state index in [1.165, 1.54) is 11.1 Å². The third-order valence-electron chi connectivity index (χ3n) is 3.80. The molecule has 2 aromatic carbocycles. The first kappa shape index (κ1) is 18.7. The molecule has 0 aliphatic carbocycles. The van der Waals surface area contributed by atoms with Crippen LogP contribution in [0.4, 0.5) is 5.95 Å². The monoisotopic (exact) mass is 379 g/mol. The summed E-state index contributed by atoms with van der Waals surface area (Å²) in [6, 6.07) is 13.9. The van der Waals surface area contributed by atoms with Crippen LogP contribution in [0.5, 0.6) is 5.75 Å². The van der Waals surface area contributed by atoms with Gasteiger partial charge in [0.15, 0.2) is 0 Å². The Morgan fingerprint density at radius 3 is 2.96 bits per heavy atom. The summed E-state index contributed by atoms with van der Waals surface area (Å²) >= 11 is 1.55. The van der Waals surface area contributed by atoms with Crippen molar-refractivity contribution in [1.82, 2.24) is 15.2 Å². The molecule has 0 saturated carbocycles. The fourth-order valence-electron chi connectivity index (χ4n) is 2.51. The van der Waals surface area contributed by atoms with Crippen LogP contribution in [-0.2, 0) is 12.2 Å². The molecule has 0 spiro atoms. The molecule has 3 rings (SSSR count). The van der Waals surface area contributed by atoms with E-state index in [9.17, 15) is 5.11 Å². The molecule has 6 nitrogen and oxygen atoms in total. The standard InChI is InChI=1S/C20H21N5OS/c1-3-6-16-9-5-10-17(18(16)26)12-21-23-19-22-20(25-24-19)27-13-15-8-4-7-14(2)11-15/h3-5,7-12,26H,1,6,13H2,2H3,(H2,22,23,24,25)/b21-12+. The van der Waals surface area contributed by atoms with Crippen LogP contribution < -0.4 is 5.43 Å². The second-order valence-electron chi connectivity index (χ2n) is 5.96. The van der Waals surface area contributed by atoms with Crippen LogP contribution in [0.2, 0.25) is 0 Å². The molecular formula is C20H21N5OS. The van der Waals surface area contributed by atoms with Gasteiger partial charge in [-0.15, -0.1) is 11.7 Å². The van der Waals surface area contributed by atoms with Crippen LogP contribution in [-0.4, -0.2) is 26.5 Å². The van der Waals surface area contributed by atoms with Gasteiger partial charge in [0, 0.05) is 11.3 Å². The summed E-state index contributed by atoms with van der Waals surface area (Å²) in [6.07, 6.45) is 3.90. The highest BCUT2D eigenvalue weighted by Crippen LogP contribution is 2.22. The van der Waals surface area contributed by atoms with E-state index in [1.807, 2.05) is 18.2 Å². The number of aromatic nitrogens is 3. The summed E-state index contributed by atoms with van der Waals surface area (Å²) in [6.45, 7) is 5.77. The normalized spacial score (nSPS) is 11.0. The number of phenols is 1. The minimum atomic E-state index is 0.204. The van der Waals surface area contributed by atoms with Crippen molar-refractivity contribution < 1.29 is 5.11 Å². The van der Waals surface area contributed by atoms with Gasteiger partial charge in [0.2, 0.25) is 11.1 Å². The Kier molecular flexibility index (Phi) is 6.27. The van der Waals surface area contributed by atoms with Gasteiger partial charge in [0.05, 0.1) is 6.21 Å². The zero-order valence-corrected chi connectivity index (χ0v) is 15.8. The molecule has 0 unspecified atom stereocenters. The number of hydrogen-bond donors (Lipinski definition) is 3. The Bertz CT molecular complexity index is 951. The van der Waals surface area contributed by atoms with E-state index in [1.54, 1.807) is 30.1 Å². The van der Waals surface area contributed by atoms with Crippen molar-refractivity contribution in [3.63, 3.8) is 0 Å². The van der Waals surface area contributed by atoms with Gasteiger partial charge in [-0.25, -0.2) is 10.5 Å². The van der Waals surface area contributed by atoms with E-state index in [2.05, 4.69) is 57.4 Å². The minimum Gasteiger partial charge on any atom is -0.507 e. The molecule has 0 bridgehead atoms. The number of H-pyrrole nitrogens is 1. The number of aromatic amines is 1. The fraction of sp³-hybridized carbons (Fsp3) is 0.150. The van der Waals surface area contributed by atoms with Gasteiger partial charge in [-0.05, 0) is 30.5 Å². The lowest BCUT2D eigenvalue weighted by Crippen LogP contribution is -1.94. The summed E-state index contributed by atoms with van der Waals surface area (Å²) < 4.78 is 0. The van der Waals surface area contributed by atoms with E-state index in [4.69, 9.17) is 0 Å². The van der Waals surface area contributed by atoms with E-state index < -0.39 is 0 Å². The molecule has 7 heteroatoms. The number of hydrogen-bond acceptors (Lipinski definition) is 6. The average molecular weight is 379 g/mol. The van der Waals surface area contributed by atoms with Crippen molar-refractivity contribution >= 4 is 23.9 Å². The van der Waals surface area contributed by atoms with Crippen molar-refractivity contribution in [2.75, 3.05) is 5.43 Å². The largest absolute Gasteiger partial charge is 0.507 e. The summed E-state index contributed by atoms with van der Waals surface area (Å²) in [7, 11) is 0. The minimum absolute atomic E-state index is 0.204. The molecule has 0 aliphatic heterocycles. The van der Waals surface area contributed by atoms with Gasteiger partial charge >= 0.3 is 0 Å². The second-order valence-corrected chi connectivity index (χ2v) is 6.90. The lowest BCUT2D eigenvalue weighted by atomic mass is 10.1. The number of aromatic hydroxyl groups is 1. The number of phenolic OH excluding ortho intramolecular Hbond substituents is 1. The topological polar surface area (TPSA) is 86.2 Å². The molecular weight excluding hydrogens is 358 g/mol. The number of para-hydroxylation sites is 1. The molecule has 0 amide bonds. The number of thioether (sulfide) groups is 1. The first-order valence-corrected chi connectivity index (χ1v) is 9.46. The van der Waals surface area contributed by atoms with Crippen molar-refractivity contribution in [2.45, 2.75) is 24.3 Å². The first-order chi connectivity index (χ1) is 13.2. The number of rotatable bonds is 8. The Morgan fingerprint density at radius 1 is 1.30 bits per heavy atom. The fourth-order valence-corrected chi connectivity index (χ4v) is 3.25. The number of anilines is 1. The summed E-state index contributed by atoms with van der Waals surface area (Å²) in [5, 5.41) is 21.9. The zero-order chi connectivity index (χ0) is 19.1. The third-order valence-corrected chi connectivity index (χ3v) is 4.72. The third kappa shape index (κ3) is 5.21. The Morgan fingerprint density at radius 2 is 2.15 bits per heavy atom. The number of hydrazone groups is 1. The van der Waals surface area contributed by atoms with Crippen molar-refractivity contribution in [1.29, 1.82) is 0 Å². The quantitative estimate of drug-likeness (QED) is 0.235. The molecule has 0 radical (unpaired) electrons. The first-order valence-electron chi connectivity index (χ1n) is 8.47. The lowest BCUT2D eigenvalue weighted by Gasteiger charge is -2.04. The lowest BCUT2D eigenvalue weighted by molar-refractivity contribution is 0.469. The van der Waals surface area contributed by atoms with Crippen molar-refractivity contribution in [3.8, 4) is 5.75 Å². The molecule has 1 aromatic heterocycles. The van der Waals surface area contributed by atoms with E-state index in [-0.39, 0.29) is 5.75 Å². The van der Waals surface area contributed by atoms with Gasteiger partial charge in [-0.3, -0.25) is 0 Å². The predicted molar refractivity (Wildman–Crippen MR) is 110 cm³/mol. The Hall–Kier alpha value is -3.06. The highest BCUT2D eigenvalue weighted by Gasteiger charge is 2.05. The van der Waals surface area contributed by atoms with Crippen LogP contribution >= 0.6 is 11.8 Å². The van der Waals surface area contributed by atoms with Gasteiger partial charge in [-0.1, -0.05) is 59.8 Å². The van der Waals surface area contributed by atoms with E-state index in [0.717, 1.165) is 11.3 Å². The maximum Gasteiger partial charge on any atom is 0.240 e. The molecule has 3 aromatic rings. The summed E-state index contributed by atoms with van der Waals surface area (Å²) in [5.74, 6) is 1.45. The highest BCUT2D eigenvalue weighted by atomic mass is 32.2. The van der Waals surface area contributed by atoms with Gasteiger partial charge in [0.1, 0.15) is 5.75 Å². The molecule has 0 saturated heterocycles. The summed E-state index contributed by atoms with van der Waals surface area (Å²) in [4.78, 5) is 4.34. The SMILES string of the molecule is C=CCc1cccc(/C=N/Nc2nc(SCc3cccc(C)c3)n[nH]2)c1O. The van der Waals surface area contributed by atoms with E-state index >= 15 is 0 Å². The molecule has 0 atom stereocenters. The number of nitrogens with zero attached hydrogens (tertiary/aromatic N) is 3. The van der Waals surface area contributed by atoms with Gasteiger partial charge in [0.25, 0.3) is 0 Å². The number of benzene rings is 2. The Labute approximate surface area is 162 Å². The smallest absolute Gasteiger partial charge is 0.240 e. The number of nitrogens with one attached hydrogen (secondary N) is 2. The van der Waals surface area contributed by atoms with Gasteiger partial charge < -0.3 is 5.11 Å². The van der Waals surface area contributed by atoms with Crippen molar-refractivity contribution in [3.05, 3.63) is 77.4 Å². The molecule has 0 aliphatic rings. The van der Waals surface area contributed by atoms with E-state index in [0.29, 0.717) is 23.1 Å². The van der Waals surface area contributed by atoms with Crippen LogP contribution in [0.25, 0.3) is 0 Å².